The molecule has 1 aromatic heterocycles. The van der Waals surface area contributed by atoms with E-state index < -0.39 is 0 Å². The van der Waals surface area contributed by atoms with Gasteiger partial charge in [0.1, 0.15) is 0 Å². The van der Waals surface area contributed by atoms with Crippen LogP contribution >= 0.6 is 0 Å². The molecule has 0 amide bonds. The van der Waals surface area contributed by atoms with Crippen LogP contribution in [0.4, 0.5) is 5.69 Å². The van der Waals surface area contributed by atoms with Gasteiger partial charge in [-0.25, -0.2) is 0 Å². The highest BCUT2D eigenvalue weighted by molar-refractivity contribution is 5.91. The fraction of sp³-hybridized carbons (Fsp3) is 0.318. The van der Waals surface area contributed by atoms with Crippen LogP contribution in [0.3, 0.4) is 0 Å². The second-order valence-corrected chi connectivity index (χ2v) is 6.91. The van der Waals surface area contributed by atoms with Crippen LogP contribution in [0, 0.1) is 6.92 Å². The molecule has 25 heavy (non-hydrogen) atoms. The molecule has 0 aliphatic carbocycles. The fourth-order valence-electron chi connectivity index (χ4n) is 3.73. The van der Waals surface area contributed by atoms with Gasteiger partial charge >= 0.3 is 0 Å². The van der Waals surface area contributed by atoms with Gasteiger partial charge in [-0.3, -0.25) is 9.88 Å². The van der Waals surface area contributed by atoms with Crippen LogP contribution in [-0.4, -0.2) is 42.6 Å². The lowest BCUT2D eigenvalue weighted by Crippen LogP contribution is -2.47. The number of rotatable bonds is 4. The van der Waals surface area contributed by atoms with Crippen molar-refractivity contribution < 1.29 is 0 Å². The minimum absolute atomic E-state index is 1.09. The zero-order valence-corrected chi connectivity index (χ0v) is 14.9. The first-order chi connectivity index (χ1) is 12.3. The summed E-state index contributed by atoms with van der Waals surface area (Å²) in [4.78, 5) is 9.58. The third-order valence-electron chi connectivity index (χ3n) is 5.13. The molecule has 4 rings (SSSR count). The van der Waals surface area contributed by atoms with E-state index in [2.05, 4.69) is 70.2 Å². The van der Waals surface area contributed by atoms with Crippen molar-refractivity contribution in [3.05, 3.63) is 71.9 Å². The maximum absolute atomic E-state index is 4.48. The van der Waals surface area contributed by atoms with E-state index in [0.717, 1.165) is 44.7 Å². The van der Waals surface area contributed by atoms with Gasteiger partial charge in [0.05, 0.1) is 5.52 Å². The van der Waals surface area contributed by atoms with E-state index in [1.165, 1.54) is 22.2 Å². The molecular formula is C22H25N3. The van der Waals surface area contributed by atoms with Gasteiger partial charge in [-0.2, -0.15) is 0 Å². The van der Waals surface area contributed by atoms with Crippen molar-refractivity contribution in [1.82, 2.24) is 9.88 Å². The van der Waals surface area contributed by atoms with E-state index in [4.69, 9.17) is 0 Å². The fourth-order valence-corrected chi connectivity index (χ4v) is 3.73. The van der Waals surface area contributed by atoms with Crippen molar-refractivity contribution in [3.8, 4) is 0 Å². The lowest BCUT2D eigenvalue weighted by Gasteiger charge is -2.36. The number of benzene rings is 2. The van der Waals surface area contributed by atoms with Crippen LogP contribution in [-0.2, 0) is 6.42 Å². The molecule has 3 heteroatoms. The second kappa shape index (κ2) is 7.24. The SMILES string of the molecule is Cc1cccc(CCN2CCN(c3cccc4ncccc34)CC2)c1. The maximum atomic E-state index is 4.48. The largest absolute Gasteiger partial charge is 0.368 e. The minimum Gasteiger partial charge on any atom is -0.368 e. The Morgan fingerprint density at radius 2 is 1.76 bits per heavy atom. The Morgan fingerprint density at radius 3 is 2.60 bits per heavy atom. The molecular weight excluding hydrogens is 306 g/mol. The molecule has 1 saturated heterocycles. The van der Waals surface area contributed by atoms with E-state index in [9.17, 15) is 0 Å². The number of hydrogen-bond acceptors (Lipinski definition) is 3. The van der Waals surface area contributed by atoms with Gasteiger partial charge in [-0.15, -0.1) is 0 Å². The van der Waals surface area contributed by atoms with Crippen molar-refractivity contribution in [1.29, 1.82) is 0 Å². The molecule has 0 atom stereocenters. The third-order valence-corrected chi connectivity index (χ3v) is 5.13. The van der Waals surface area contributed by atoms with Crippen molar-refractivity contribution in [2.45, 2.75) is 13.3 Å². The summed E-state index contributed by atoms with van der Waals surface area (Å²) in [5, 5.41) is 1.26. The van der Waals surface area contributed by atoms with E-state index in [-0.39, 0.29) is 0 Å². The minimum atomic E-state index is 1.09. The molecule has 1 aliphatic heterocycles. The smallest absolute Gasteiger partial charge is 0.0722 e. The number of fused-ring (bicyclic) bond motifs is 1. The average Bonchev–Trinajstić information content (AvgIpc) is 2.66. The molecule has 0 unspecified atom stereocenters. The molecule has 0 spiro atoms. The molecule has 1 fully saturated rings. The molecule has 0 saturated carbocycles. The average molecular weight is 331 g/mol. The number of piperazine rings is 1. The highest BCUT2D eigenvalue weighted by Crippen LogP contribution is 2.26. The van der Waals surface area contributed by atoms with Crippen LogP contribution < -0.4 is 4.90 Å². The Kier molecular flexibility index (Phi) is 4.66. The van der Waals surface area contributed by atoms with Crippen LogP contribution in [0.15, 0.2) is 60.8 Å². The Hall–Kier alpha value is -2.39. The number of hydrogen-bond donors (Lipinski definition) is 0. The lowest BCUT2D eigenvalue weighted by molar-refractivity contribution is 0.261. The highest BCUT2D eigenvalue weighted by Gasteiger charge is 2.18. The van der Waals surface area contributed by atoms with E-state index in [0.29, 0.717) is 0 Å². The molecule has 2 aromatic carbocycles. The number of aryl methyl sites for hydroxylation is 1. The Bertz CT molecular complexity index is 845. The third kappa shape index (κ3) is 3.67. The topological polar surface area (TPSA) is 19.4 Å². The summed E-state index contributed by atoms with van der Waals surface area (Å²) in [6, 6.07) is 19.5. The predicted molar refractivity (Wildman–Crippen MR) is 105 cm³/mol. The Labute approximate surface area is 149 Å². The molecule has 128 valence electrons. The zero-order chi connectivity index (χ0) is 17.1. The van der Waals surface area contributed by atoms with Crippen LogP contribution in [0.1, 0.15) is 11.1 Å². The zero-order valence-electron chi connectivity index (χ0n) is 14.9. The number of pyridine rings is 1. The van der Waals surface area contributed by atoms with Gasteiger partial charge in [-0.1, -0.05) is 35.9 Å². The summed E-state index contributed by atoms with van der Waals surface area (Å²) in [6.07, 6.45) is 3.01. The molecule has 3 aromatic rings. The van der Waals surface area contributed by atoms with Gasteiger partial charge in [0.2, 0.25) is 0 Å². The molecule has 3 nitrogen and oxygen atoms in total. The maximum Gasteiger partial charge on any atom is 0.0722 e. The van der Waals surface area contributed by atoms with E-state index >= 15 is 0 Å². The van der Waals surface area contributed by atoms with Gasteiger partial charge in [0.25, 0.3) is 0 Å². The summed E-state index contributed by atoms with van der Waals surface area (Å²) in [5.41, 5.74) is 5.21. The Morgan fingerprint density at radius 1 is 0.920 bits per heavy atom. The van der Waals surface area contributed by atoms with Crippen molar-refractivity contribution in [3.63, 3.8) is 0 Å². The van der Waals surface area contributed by atoms with Crippen molar-refractivity contribution in [2.24, 2.45) is 0 Å². The second-order valence-electron chi connectivity index (χ2n) is 6.91. The first-order valence-electron chi connectivity index (χ1n) is 9.16. The van der Waals surface area contributed by atoms with E-state index in [1.54, 1.807) is 0 Å². The van der Waals surface area contributed by atoms with Gasteiger partial charge in [-0.05, 0) is 43.2 Å². The number of aromatic nitrogens is 1. The van der Waals surface area contributed by atoms with Gasteiger partial charge in [0, 0.05) is 50.0 Å². The molecule has 2 heterocycles. The van der Waals surface area contributed by atoms with Crippen molar-refractivity contribution in [2.75, 3.05) is 37.6 Å². The molecule has 0 bridgehead atoms. The van der Waals surface area contributed by atoms with Crippen molar-refractivity contribution >= 4 is 16.6 Å². The van der Waals surface area contributed by atoms with E-state index in [1.807, 2.05) is 12.3 Å². The Balaban J connectivity index is 1.38. The molecule has 0 N–H and O–H groups in total. The van der Waals surface area contributed by atoms with Gasteiger partial charge < -0.3 is 4.90 Å². The first-order valence-corrected chi connectivity index (χ1v) is 9.16. The predicted octanol–water partition coefficient (Wildman–Crippen LogP) is 3.91. The quantitative estimate of drug-likeness (QED) is 0.722. The highest BCUT2D eigenvalue weighted by atomic mass is 15.3. The van der Waals surface area contributed by atoms with Crippen LogP contribution in [0.25, 0.3) is 10.9 Å². The number of nitrogens with zero attached hydrogens (tertiary/aromatic N) is 3. The first kappa shape index (κ1) is 16.1. The summed E-state index contributed by atoms with van der Waals surface area (Å²) in [6.45, 7) is 7.74. The lowest BCUT2D eigenvalue weighted by atomic mass is 10.1. The summed E-state index contributed by atoms with van der Waals surface area (Å²) in [7, 11) is 0. The van der Waals surface area contributed by atoms with Gasteiger partial charge in [0.15, 0.2) is 0 Å². The summed E-state index contributed by atoms with van der Waals surface area (Å²) >= 11 is 0. The normalized spacial score (nSPS) is 15.6. The molecule has 1 aliphatic rings. The standard InChI is InChI=1S/C22H25N3/c1-18-5-2-6-19(17-18)10-12-24-13-15-25(16-14-24)22-9-3-8-21-20(22)7-4-11-23-21/h2-9,11,17H,10,12-16H2,1H3. The molecule has 0 radical (unpaired) electrons. The summed E-state index contributed by atoms with van der Waals surface area (Å²) < 4.78 is 0. The van der Waals surface area contributed by atoms with Crippen LogP contribution in [0.5, 0.6) is 0 Å². The summed E-state index contributed by atoms with van der Waals surface area (Å²) in [5.74, 6) is 0. The monoisotopic (exact) mass is 331 g/mol. The van der Waals surface area contributed by atoms with Crippen LogP contribution in [0.2, 0.25) is 0 Å². The number of anilines is 1.